The van der Waals surface area contributed by atoms with Crippen LogP contribution in [0.2, 0.25) is 0 Å². The second-order valence-corrected chi connectivity index (χ2v) is 7.43. The van der Waals surface area contributed by atoms with E-state index in [0.29, 0.717) is 11.5 Å². The first-order valence-corrected chi connectivity index (χ1v) is 9.45. The van der Waals surface area contributed by atoms with Gasteiger partial charge >= 0.3 is 5.25 Å². The fourth-order valence-electron chi connectivity index (χ4n) is 2.89. The van der Waals surface area contributed by atoms with E-state index in [4.69, 9.17) is 9.47 Å². The maximum Gasteiger partial charge on any atom is 0.334 e. The van der Waals surface area contributed by atoms with Gasteiger partial charge in [-0.15, -0.1) is 0 Å². The van der Waals surface area contributed by atoms with E-state index >= 15 is 8.78 Å². The van der Waals surface area contributed by atoms with Crippen molar-refractivity contribution in [3.8, 4) is 11.5 Å². The van der Waals surface area contributed by atoms with Gasteiger partial charge in [0.25, 0.3) is 0 Å². The lowest BCUT2D eigenvalue weighted by Gasteiger charge is -2.36. The van der Waals surface area contributed by atoms with Gasteiger partial charge in [0.1, 0.15) is 17.3 Å². The van der Waals surface area contributed by atoms with Crippen molar-refractivity contribution in [1.82, 2.24) is 0 Å². The molecule has 0 radical (unpaired) electrons. The van der Waals surface area contributed by atoms with Crippen LogP contribution in [-0.2, 0) is 5.60 Å². The zero-order chi connectivity index (χ0) is 21.1. The Kier molecular flexibility index (Phi) is 6.10. The molecule has 3 aromatic rings. The van der Waals surface area contributed by atoms with Crippen LogP contribution in [0.25, 0.3) is 0 Å². The number of methoxy groups -OCH3 is 2. The second kappa shape index (κ2) is 8.39. The van der Waals surface area contributed by atoms with E-state index in [9.17, 15) is 9.50 Å². The summed E-state index contributed by atoms with van der Waals surface area (Å²) in [6, 6.07) is 16.3. The number of benzene rings is 3. The van der Waals surface area contributed by atoms with Crippen LogP contribution in [0.4, 0.5) is 13.2 Å². The van der Waals surface area contributed by atoms with Crippen molar-refractivity contribution < 1.29 is 27.8 Å². The van der Waals surface area contributed by atoms with Crippen LogP contribution in [0.15, 0.2) is 77.7 Å². The van der Waals surface area contributed by atoms with E-state index in [-0.39, 0.29) is 27.8 Å². The molecule has 3 aromatic carbocycles. The normalized spacial score (nSPS) is 11.9. The fourth-order valence-corrected chi connectivity index (χ4v) is 3.84. The zero-order valence-electron chi connectivity index (χ0n) is 15.7. The Balaban J connectivity index is 2.10. The third-order valence-electron chi connectivity index (χ3n) is 4.50. The molecule has 0 aliphatic carbocycles. The van der Waals surface area contributed by atoms with Gasteiger partial charge in [-0.2, -0.15) is 8.78 Å². The quantitative estimate of drug-likeness (QED) is 0.515. The molecule has 0 amide bonds. The molecule has 1 N–H and O–H groups in total. The predicted octanol–water partition coefficient (Wildman–Crippen LogP) is 5.46. The summed E-state index contributed by atoms with van der Waals surface area (Å²) in [6.07, 6.45) is 0. The summed E-state index contributed by atoms with van der Waals surface area (Å²) in [6.45, 7) is 0. The van der Waals surface area contributed by atoms with Crippen molar-refractivity contribution >= 4 is 11.8 Å². The van der Waals surface area contributed by atoms with Crippen molar-refractivity contribution in [2.45, 2.75) is 15.8 Å². The van der Waals surface area contributed by atoms with Crippen LogP contribution >= 0.6 is 11.8 Å². The third-order valence-corrected chi connectivity index (χ3v) is 5.56. The third kappa shape index (κ3) is 4.21. The maximum absolute atomic E-state index is 15.6. The molecule has 0 saturated heterocycles. The average Bonchev–Trinajstić information content (AvgIpc) is 2.74. The Morgan fingerprint density at radius 2 is 1.14 bits per heavy atom. The Hall–Kier alpha value is -2.64. The van der Waals surface area contributed by atoms with Gasteiger partial charge < -0.3 is 14.6 Å². The molecular weight excluding hydrogens is 401 g/mol. The van der Waals surface area contributed by atoms with E-state index < -0.39 is 16.7 Å². The molecule has 0 spiro atoms. The number of halogens is 3. The first-order valence-electron chi connectivity index (χ1n) is 8.64. The molecule has 0 atom stereocenters. The van der Waals surface area contributed by atoms with E-state index in [1.807, 2.05) is 0 Å². The van der Waals surface area contributed by atoms with Crippen LogP contribution in [-0.4, -0.2) is 24.6 Å². The molecule has 7 heteroatoms. The molecule has 0 aliphatic heterocycles. The summed E-state index contributed by atoms with van der Waals surface area (Å²) in [5.41, 5.74) is -2.68. The molecule has 152 valence electrons. The van der Waals surface area contributed by atoms with Crippen molar-refractivity contribution in [2.75, 3.05) is 14.2 Å². The van der Waals surface area contributed by atoms with E-state index in [1.54, 1.807) is 0 Å². The topological polar surface area (TPSA) is 38.7 Å². The number of hydrogen-bond donors (Lipinski definition) is 1. The highest BCUT2D eigenvalue weighted by Gasteiger charge is 2.56. The molecule has 0 bridgehead atoms. The largest absolute Gasteiger partial charge is 0.497 e. The summed E-state index contributed by atoms with van der Waals surface area (Å²) in [4.78, 5) is 0.122. The predicted molar refractivity (Wildman–Crippen MR) is 106 cm³/mol. The summed E-state index contributed by atoms with van der Waals surface area (Å²) in [5, 5.41) is 7.71. The van der Waals surface area contributed by atoms with Gasteiger partial charge in [0.15, 0.2) is 5.60 Å². The lowest BCUT2D eigenvalue weighted by Crippen LogP contribution is -2.44. The van der Waals surface area contributed by atoms with Gasteiger partial charge in [0.05, 0.1) is 14.2 Å². The van der Waals surface area contributed by atoms with Gasteiger partial charge in [-0.3, -0.25) is 0 Å². The van der Waals surface area contributed by atoms with Crippen molar-refractivity contribution in [1.29, 1.82) is 0 Å². The summed E-state index contributed by atoms with van der Waals surface area (Å²) < 4.78 is 54.4. The first-order chi connectivity index (χ1) is 13.8. The lowest BCUT2D eigenvalue weighted by molar-refractivity contribution is -0.0982. The van der Waals surface area contributed by atoms with Crippen LogP contribution in [0.3, 0.4) is 0 Å². The highest BCUT2D eigenvalue weighted by Crippen LogP contribution is 2.52. The van der Waals surface area contributed by atoms with Crippen LogP contribution in [0.1, 0.15) is 11.1 Å². The maximum atomic E-state index is 15.6. The minimum atomic E-state index is -3.69. The monoisotopic (exact) mass is 420 g/mol. The zero-order valence-corrected chi connectivity index (χ0v) is 16.6. The van der Waals surface area contributed by atoms with Gasteiger partial charge in [0.2, 0.25) is 0 Å². The standard InChI is InChI=1S/C22H19F3O3S/c1-27-18-9-3-15(4-10-18)21(26,16-5-11-19(28-2)12-6-16)22(24,25)29-20-13-7-17(23)8-14-20/h3-14,26H,1-2H3. The van der Waals surface area contributed by atoms with Crippen molar-refractivity contribution in [3.05, 3.63) is 89.7 Å². The van der Waals surface area contributed by atoms with Crippen LogP contribution in [0.5, 0.6) is 11.5 Å². The van der Waals surface area contributed by atoms with Crippen LogP contribution in [0, 0.1) is 5.82 Å². The second-order valence-electron chi connectivity index (χ2n) is 6.24. The fraction of sp³-hybridized carbons (Fsp3) is 0.182. The number of alkyl halides is 2. The molecule has 3 nitrogen and oxygen atoms in total. The summed E-state index contributed by atoms with van der Waals surface area (Å²) in [7, 11) is 2.92. The molecule has 0 saturated carbocycles. The number of hydrogen-bond acceptors (Lipinski definition) is 4. The highest BCUT2D eigenvalue weighted by atomic mass is 32.2. The molecular formula is C22H19F3O3S. The SMILES string of the molecule is COc1ccc(C(O)(c2ccc(OC)cc2)C(F)(F)Sc2ccc(F)cc2)cc1. The number of thioether (sulfide) groups is 1. The van der Waals surface area contributed by atoms with Crippen molar-refractivity contribution in [3.63, 3.8) is 0 Å². The summed E-state index contributed by atoms with van der Waals surface area (Å²) in [5.74, 6) is 0.416. The van der Waals surface area contributed by atoms with E-state index in [0.717, 1.165) is 12.1 Å². The average molecular weight is 420 g/mol. The van der Waals surface area contributed by atoms with Gasteiger partial charge in [-0.05, 0) is 71.4 Å². The number of aliphatic hydroxyl groups is 1. The Labute approximate surface area is 171 Å². The van der Waals surface area contributed by atoms with Crippen molar-refractivity contribution in [2.24, 2.45) is 0 Å². The molecule has 0 aliphatic rings. The van der Waals surface area contributed by atoms with Gasteiger partial charge in [-0.1, -0.05) is 24.3 Å². The van der Waals surface area contributed by atoms with Gasteiger partial charge in [0, 0.05) is 4.90 Å². The minimum absolute atomic E-state index is 0.0110. The number of rotatable bonds is 7. The molecule has 0 unspecified atom stereocenters. The smallest absolute Gasteiger partial charge is 0.334 e. The Morgan fingerprint density at radius 3 is 1.52 bits per heavy atom. The minimum Gasteiger partial charge on any atom is -0.497 e. The highest BCUT2D eigenvalue weighted by molar-refractivity contribution is 8.00. The van der Waals surface area contributed by atoms with Crippen LogP contribution < -0.4 is 9.47 Å². The molecule has 0 fully saturated rings. The lowest BCUT2D eigenvalue weighted by atomic mass is 9.86. The molecule has 0 heterocycles. The molecule has 3 rings (SSSR count). The number of ether oxygens (including phenoxy) is 2. The van der Waals surface area contributed by atoms with E-state index in [2.05, 4.69) is 0 Å². The first kappa shape index (κ1) is 21.1. The Bertz CT molecular complexity index is 895. The van der Waals surface area contributed by atoms with Gasteiger partial charge in [-0.25, -0.2) is 4.39 Å². The van der Waals surface area contributed by atoms with E-state index in [1.165, 1.54) is 74.9 Å². The summed E-state index contributed by atoms with van der Waals surface area (Å²) >= 11 is 0.159. The Morgan fingerprint density at radius 1 is 0.724 bits per heavy atom. The molecule has 0 aromatic heterocycles. The molecule has 29 heavy (non-hydrogen) atoms.